The van der Waals surface area contributed by atoms with E-state index in [4.69, 9.17) is 20.9 Å². The molecule has 1 heterocycles. The van der Waals surface area contributed by atoms with E-state index in [-0.39, 0.29) is 28.5 Å². The molecule has 0 saturated carbocycles. The zero-order chi connectivity index (χ0) is 24.8. The lowest BCUT2D eigenvalue weighted by atomic mass is 10.1. The minimum Gasteiger partial charge on any atom is -0.497 e. The summed E-state index contributed by atoms with van der Waals surface area (Å²) in [7, 11) is 2.93. The molecular weight excluding hydrogens is 458 g/mol. The number of benzene rings is 2. The summed E-state index contributed by atoms with van der Waals surface area (Å²) < 4.78 is 14.7. The lowest BCUT2D eigenvalue weighted by Crippen LogP contribution is -2.48. The first-order valence-electron chi connectivity index (χ1n) is 10.2. The SMILES string of the molecule is COc1ccc(OC)c(N(C(=O)c2snc(C(N)=O)c2N)[C@@H](C)C(=O)NCc2ccccc2)c1. The molecule has 178 valence electrons. The van der Waals surface area contributed by atoms with Crippen molar-refractivity contribution >= 4 is 40.6 Å². The molecule has 0 radical (unpaired) electrons. The normalized spacial score (nSPS) is 11.4. The molecule has 0 aliphatic rings. The number of hydrogen-bond donors (Lipinski definition) is 3. The van der Waals surface area contributed by atoms with Crippen molar-refractivity contribution < 1.29 is 23.9 Å². The predicted molar refractivity (Wildman–Crippen MR) is 129 cm³/mol. The topological polar surface area (TPSA) is 150 Å². The number of ether oxygens (including phenoxy) is 2. The lowest BCUT2D eigenvalue weighted by Gasteiger charge is -2.29. The van der Waals surface area contributed by atoms with Crippen LogP contribution in [-0.4, -0.2) is 42.4 Å². The van der Waals surface area contributed by atoms with Crippen LogP contribution in [0.25, 0.3) is 0 Å². The van der Waals surface area contributed by atoms with Crippen molar-refractivity contribution in [3.8, 4) is 11.5 Å². The number of hydrogen-bond acceptors (Lipinski definition) is 8. The summed E-state index contributed by atoms with van der Waals surface area (Å²) >= 11 is 0.728. The largest absolute Gasteiger partial charge is 0.497 e. The first-order chi connectivity index (χ1) is 16.3. The highest BCUT2D eigenvalue weighted by Gasteiger charge is 2.34. The van der Waals surface area contributed by atoms with Gasteiger partial charge in [-0.05, 0) is 36.2 Å². The van der Waals surface area contributed by atoms with Gasteiger partial charge in [-0.2, -0.15) is 4.37 Å². The van der Waals surface area contributed by atoms with Gasteiger partial charge in [0, 0.05) is 12.6 Å². The summed E-state index contributed by atoms with van der Waals surface area (Å²) in [5.74, 6) is -1.14. The van der Waals surface area contributed by atoms with Crippen LogP contribution in [0.4, 0.5) is 11.4 Å². The van der Waals surface area contributed by atoms with Crippen molar-refractivity contribution in [2.45, 2.75) is 19.5 Å². The van der Waals surface area contributed by atoms with E-state index in [1.54, 1.807) is 25.1 Å². The van der Waals surface area contributed by atoms with Gasteiger partial charge in [-0.15, -0.1) is 0 Å². The highest BCUT2D eigenvalue weighted by Crippen LogP contribution is 2.36. The average molecular weight is 484 g/mol. The summed E-state index contributed by atoms with van der Waals surface area (Å²) in [4.78, 5) is 39.6. The average Bonchev–Trinajstić information content (AvgIpc) is 3.24. The highest BCUT2D eigenvalue weighted by molar-refractivity contribution is 7.09. The summed E-state index contributed by atoms with van der Waals surface area (Å²) in [6.45, 7) is 1.85. The first kappa shape index (κ1) is 24.5. The van der Waals surface area contributed by atoms with E-state index in [0.717, 1.165) is 17.1 Å². The van der Waals surface area contributed by atoms with Gasteiger partial charge in [-0.25, -0.2) is 0 Å². The Morgan fingerprint density at radius 2 is 1.82 bits per heavy atom. The van der Waals surface area contributed by atoms with Gasteiger partial charge in [0.15, 0.2) is 5.69 Å². The molecule has 3 rings (SSSR count). The number of carbonyl (C=O) groups excluding carboxylic acids is 3. The molecule has 11 heteroatoms. The van der Waals surface area contributed by atoms with Crippen LogP contribution in [0.2, 0.25) is 0 Å². The van der Waals surface area contributed by atoms with Crippen LogP contribution < -0.4 is 31.2 Å². The number of amides is 3. The number of carbonyl (C=O) groups is 3. The number of primary amides is 1. The third-order valence-corrected chi connectivity index (χ3v) is 5.95. The van der Waals surface area contributed by atoms with Crippen LogP contribution in [0.5, 0.6) is 11.5 Å². The molecule has 0 unspecified atom stereocenters. The molecule has 1 atom stereocenters. The maximum atomic E-state index is 13.7. The van der Waals surface area contributed by atoms with Crippen LogP contribution in [0.1, 0.15) is 32.6 Å². The monoisotopic (exact) mass is 483 g/mol. The second-order valence-corrected chi connectivity index (χ2v) is 8.00. The molecule has 3 amide bonds. The third kappa shape index (κ3) is 5.09. The molecule has 0 bridgehead atoms. The van der Waals surface area contributed by atoms with Crippen molar-refractivity contribution in [1.29, 1.82) is 0 Å². The van der Waals surface area contributed by atoms with Crippen LogP contribution in [0.15, 0.2) is 48.5 Å². The molecule has 1 aromatic heterocycles. The van der Waals surface area contributed by atoms with E-state index in [0.29, 0.717) is 11.5 Å². The number of nitrogens with two attached hydrogens (primary N) is 2. The van der Waals surface area contributed by atoms with E-state index in [9.17, 15) is 14.4 Å². The van der Waals surface area contributed by atoms with Crippen LogP contribution in [0.3, 0.4) is 0 Å². The third-order valence-electron chi connectivity index (χ3n) is 5.10. The van der Waals surface area contributed by atoms with Gasteiger partial charge in [0.2, 0.25) is 5.91 Å². The Morgan fingerprint density at radius 3 is 2.41 bits per heavy atom. The highest BCUT2D eigenvalue weighted by atomic mass is 32.1. The number of rotatable bonds is 9. The van der Waals surface area contributed by atoms with Crippen molar-refractivity contribution in [2.75, 3.05) is 24.9 Å². The lowest BCUT2D eigenvalue weighted by molar-refractivity contribution is -0.122. The molecule has 0 fully saturated rings. The molecule has 0 saturated heterocycles. The molecule has 5 N–H and O–H groups in total. The van der Waals surface area contributed by atoms with Crippen molar-refractivity contribution in [3.63, 3.8) is 0 Å². The standard InChI is InChI=1S/C23H25N5O5S/c1-13(22(30)26-12-14-7-5-4-6-8-14)28(16-11-15(32-2)9-10-17(16)33-3)23(31)20-18(24)19(21(25)29)27-34-20/h4-11,13H,12,24H2,1-3H3,(H2,25,29)(H,26,30)/t13-/m0/s1. The molecule has 3 aromatic rings. The summed E-state index contributed by atoms with van der Waals surface area (Å²) in [5.41, 5.74) is 12.1. The molecule has 2 aromatic carbocycles. The number of nitrogens with one attached hydrogen (secondary N) is 1. The van der Waals surface area contributed by atoms with Gasteiger partial charge in [-0.3, -0.25) is 19.3 Å². The molecule has 0 spiro atoms. The van der Waals surface area contributed by atoms with E-state index in [2.05, 4.69) is 9.69 Å². The maximum Gasteiger partial charge on any atom is 0.272 e. The Morgan fingerprint density at radius 1 is 1.12 bits per heavy atom. The fraction of sp³-hybridized carbons (Fsp3) is 0.217. The second kappa shape index (κ2) is 10.7. The van der Waals surface area contributed by atoms with E-state index in [1.807, 2.05) is 30.3 Å². The van der Waals surface area contributed by atoms with E-state index in [1.165, 1.54) is 19.1 Å². The zero-order valence-corrected chi connectivity index (χ0v) is 19.7. The van der Waals surface area contributed by atoms with Crippen LogP contribution >= 0.6 is 11.5 Å². The number of methoxy groups -OCH3 is 2. The molecule has 10 nitrogen and oxygen atoms in total. The minimum atomic E-state index is -0.990. The Bertz CT molecular complexity index is 1200. The Kier molecular flexibility index (Phi) is 7.69. The number of anilines is 2. The van der Waals surface area contributed by atoms with Gasteiger partial charge in [0.05, 0.1) is 25.6 Å². The quantitative estimate of drug-likeness (QED) is 0.422. The molecule has 34 heavy (non-hydrogen) atoms. The zero-order valence-electron chi connectivity index (χ0n) is 18.9. The maximum absolute atomic E-state index is 13.7. The minimum absolute atomic E-state index is 0.0265. The van der Waals surface area contributed by atoms with Gasteiger partial charge >= 0.3 is 0 Å². The van der Waals surface area contributed by atoms with Crippen LogP contribution in [-0.2, 0) is 11.3 Å². The van der Waals surface area contributed by atoms with Crippen LogP contribution in [0, 0.1) is 0 Å². The number of nitrogens with zero attached hydrogens (tertiary/aromatic N) is 2. The molecule has 0 aliphatic heterocycles. The van der Waals surface area contributed by atoms with E-state index >= 15 is 0 Å². The molecule has 0 aliphatic carbocycles. The Balaban J connectivity index is 2.02. The molecular formula is C23H25N5O5S. The van der Waals surface area contributed by atoms with Crippen molar-refractivity contribution in [1.82, 2.24) is 9.69 Å². The van der Waals surface area contributed by atoms with E-state index < -0.39 is 23.8 Å². The van der Waals surface area contributed by atoms with Crippen molar-refractivity contribution in [3.05, 3.63) is 64.7 Å². The summed E-state index contributed by atoms with van der Waals surface area (Å²) in [6, 6.07) is 13.2. The van der Waals surface area contributed by atoms with Gasteiger partial charge in [0.25, 0.3) is 11.8 Å². The fourth-order valence-corrected chi connectivity index (χ4v) is 4.01. The first-order valence-corrected chi connectivity index (χ1v) is 11.0. The predicted octanol–water partition coefficient (Wildman–Crippen LogP) is 2.19. The Hall–Kier alpha value is -4.12. The van der Waals surface area contributed by atoms with Gasteiger partial charge < -0.3 is 26.3 Å². The van der Waals surface area contributed by atoms with Gasteiger partial charge in [0.1, 0.15) is 22.4 Å². The Labute approximate surface area is 200 Å². The summed E-state index contributed by atoms with van der Waals surface area (Å²) in [5, 5.41) is 2.84. The number of aromatic nitrogens is 1. The van der Waals surface area contributed by atoms with Crippen molar-refractivity contribution in [2.24, 2.45) is 5.73 Å². The second-order valence-electron chi connectivity index (χ2n) is 7.23. The number of nitrogen functional groups attached to an aromatic ring is 1. The smallest absolute Gasteiger partial charge is 0.272 e. The van der Waals surface area contributed by atoms with Gasteiger partial charge in [-0.1, -0.05) is 30.3 Å². The fourth-order valence-electron chi connectivity index (χ4n) is 3.27. The summed E-state index contributed by atoms with van der Waals surface area (Å²) in [6.07, 6.45) is 0.